The van der Waals surface area contributed by atoms with Crippen LogP contribution in [0.2, 0.25) is 0 Å². The van der Waals surface area contributed by atoms with Crippen molar-refractivity contribution in [1.82, 2.24) is 29.9 Å². The highest BCUT2D eigenvalue weighted by Gasteiger charge is 2.19. The molecule has 154 valence electrons. The summed E-state index contributed by atoms with van der Waals surface area (Å²) in [6.45, 7) is 0. The second kappa shape index (κ2) is 7.45. The fraction of sp³-hybridized carbons (Fsp3) is 0.0909. The Morgan fingerprint density at radius 1 is 1.16 bits per heavy atom. The monoisotopic (exact) mass is 413 g/mol. The molecule has 0 aliphatic heterocycles. The van der Waals surface area contributed by atoms with Crippen molar-refractivity contribution in [2.45, 2.75) is 0 Å². The molecule has 1 amide bonds. The average Bonchev–Trinajstić information content (AvgIpc) is 3.52. The summed E-state index contributed by atoms with van der Waals surface area (Å²) in [4.78, 5) is 21.0. The Bertz CT molecular complexity index is 1360. The number of hydrogen-bond donors (Lipinski definition) is 3. The molecule has 0 radical (unpaired) electrons. The van der Waals surface area contributed by atoms with Crippen molar-refractivity contribution in [2.75, 3.05) is 12.4 Å². The number of benzene rings is 2. The molecule has 3 heterocycles. The van der Waals surface area contributed by atoms with Gasteiger partial charge in [-0.1, -0.05) is 12.1 Å². The topological polar surface area (TPSA) is 114 Å². The summed E-state index contributed by atoms with van der Waals surface area (Å²) in [5.74, 6) is 0.919. The van der Waals surface area contributed by atoms with Crippen LogP contribution < -0.4 is 10.1 Å². The Morgan fingerprint density at radius 3 is 2.81 bits per heavy atom. The molecule has 0 aliphatic rings. The number of imidazole rings is 1. The number of aryl methyl sites for hydroxylation is 1. The lowest BCUT2D eigenvalue weighted by molar-refractivity contribution is 0.102. The van der Waals surface area contributed by atoms with E-state index in [1.807, 2.05) is 49.5 Å². The van der Waals surface area contributed by atoms with E-state index in [2.05, 4.69) is 30.6 Å². The maximum Gasteiger partial charge on any atom is 0.259 e. The van der Waals surface area contributed by atoms with Gasteiger partial charge in [0, 0.05) is 18.8 Å². The van der Waals surface area contributed by atoms with Crippen LogP contribution in [0.25, 0.3) is 33.8 Å². The highest BCUT2D eigenvalue weighted by molar-refractivity contribution is 6.08. The number of methoxy groups -OCH3 is 1. The van der Waals surface area contributed by atoms with E-state index in [-0.39, 0.29) is 5.91 Å². The molecular weight excluding hydrogens is 394 g/mol. The minimum absolute atomic E-state index is 0.325. The molecule has 0 bridgehead atoms. The third kappa shape index (κ3) is 3.42. The Balaban J connectivity index is 1.48. The number of carbonyl (C=O) groups is 1. The summed E-state index contributed by atoms with van der Waals surface area (Å²) in [5.41, 5.74) is 4.73. The van der Waals surface area contributed by atoms with Gasteiger partial charge in [0.25, 0.3) is 5.91 Å². The number of nitrogens with one attached hydrogen (secondary N) is 3. The molecule has 9 nitrogen and oxygen atoms in total. The predicted octanol–water partition coefficient (Wildman–Crippen LogP) is 3.61. The lowest BCUT2D eigenvalue weighted by Gasteiger charge is -2.11. The highest BCUT2D eigenvalue weighted by atomic mass is 16.5. The van der Waals surface area contributed by atoms with Gasteiger partial charge in [0.15, 0.2) is 0 Å². The van der Waals surface area contributed by atoms with Gasteiger partial charge >= 0.3 is 0 Å². The first-order chi connectivity index (χ1) is 15.1. The molecule has 0 spiro atoms. The number of nitrogens with zero attached hydrogens (tertiary/aromatic N) is 4. The number of H-pyrrole nitrogens is 2. The van der Waals surface area contributed by atoms with Crippen molar-refractivity contribution in [3.05, 3.63) is 66.5 Å². The zero-order valence-electron chi connectivity index (χ0n) is 16.9. The summed E-state index contributed by atoms with van der Waals surface area (Å²) < 4.78 is 7.11. The normalized spacial score (nSPS) is 11.0. The van der Waals surface area contributed by atoms with Gasteiger partial charge in [0.2, 0.25) is 0 Å². The Morgan fingerprint density at radius 2 is 2.03 bits per heavy atom. The molecule has 0 atom stereocenters. The number of amides is 1. The smallest absolute Gasteiger partial charge is 0.259 e. The number of carbonyl (C=O) groups excluding carboxylic acids is 1. The van der Waals surface area contributed by atoms with Crippen molar-refractivity contribution in [3.63, 3.8) is 0 Å². The van der Waals surface area contributed by atoms with E-state index in [0.29, 0.717) is 34.2 Å². The van der Waals surface area contributed by atoms with Crippen LogP contribution in [-0.2, 0) is 7.05 Å². The first-order valence-electron chi connectivity index (χ1n) is 9.60. The van der Waals surface area contributed by atoms with Gasteiger partial charge in [-0.25, -0.2) is 4.98 Å². The summed E-state index contributed by atoms with van der Waals surface area (Å²) in [7, 11) is 3.37. The first-order valence-corrected chi connectivity index (χ1v) is 9.60. The molecule has 0 saturated carbocycles. The first kappa shape index (κ1) is 18.6. The number of rotatable bonds is 5. The van der Waals surface area contributed by atoms with Crippen molar-refractivity contribution in [1.29, 1.82) is 0 Å². The summed E-state index contributed by atoms with van der Waals surface area (Å²) in [6, 6.07) is 15.1. The Kier molecular flexibility index (Phi) is 4.47. The largest absolute Gasteiger partial charge is 0.495 e. The molecule has 0 aliphatic carbocycles. The van der Waals surface area contributed by atoms with Crippen LogP contribution in [0.3, 0.4) is 0 Å². The van der Waals surface area contributed by atoms with E-state index >= 15 is 0 Å². The minimum atomic E-state index is -0.325. The van der Waals surface area contributed by atoms with Gasteiger partial charge in [0.05, 0.1) is 41.3 Å². The zero-order chi connectivity index (χ0) is 21.4. The molecule has 9 heteroatoms. The summed E-state index contributed by atoms with van der Waals surface area (Å²) in [6.07, 6.45) is 3.28. The summed E-state index contributed by atoms with van der Waals surface area (Å²) >= 11 is 0. The fourth-order valence-corrected chi connectivity index (χ4v) is 3.43. The Hall–Kier alpha value is -4.40. The number of fused-ring (bicyclic) bond motifs is 1. The maximum absolute atomic E-state index is 13.0. The van der Waals surface area contributed by atoms with Crippen molar-refractivity contribution < 1.29 is 9.53 Å². The van der Waals surface area contributed by atoms with Crippen LogP contribution in [-0.4, -0.2) is 43.0 Å². The zero-order valence-corrected chi connectivity index (χ0v) is 16.9. The molecule has 5 rings (SSSR count). The molecule has 0 saturated heterocycles. The molecule has 2 aromatic carbocycles. The van der Waals surface area contributed by atoms with E-state index in [1.54, 1.807) is 24.1 Å². The quantitative estimate of drug-likeness (QED) is 0.407. The molecule has 31 heavy (non-hydrogen) atoms. The maximum atomic E-state index is 13.0. The van der Waals surface area contributed by atoms with Crippen LogP contribution in [0.1, 0.15) is 10.4 Å². The van der Waals surface area contributed by atoms with Crippen LogP contribution in [0.15, 0.2) is 60.9 Å². The molecular formula is C22H19N7O2. The van der Waals surface area contributed by atoms with Gasteiger partial charge in [-0.3, -0.25) is 14.6 Å². The fourth-order valence-electron chi connectivity index (χ4n) is 3.43. The number of aromatic amines is 2. The predicted molar refractivity (Wildman–Crippen MR) is 117 cm³/mol. The number of hydrogen-bond acceptors (Lipinski definition) is 5. The van der Waals surface area contributed by atoms with E-state index in [4.69, 9.17) is 4.74 Å². The minimum Gasteiger partial charge on any atom is -0.495 e. The molecule has 3 N–H and O–H groups in total. The molecule has 0 fully saturated rings. The van der Waals surface area contributed by atoms with E-state index in [0.717, 1.165) is 16.6 Å². The van der Waals surface area contributed by atoms with Crippen LogP contribution in [0.4, 0.5) is 5.69 Å². The average molecular weight is 413 g/mol. The van der Waals surface area contributed by atoms with Crippen molar-refractivity contribution in [2.24, 2.45) is 7.05 Å². The van der Waals surface area contributed by atoms with Gasteiger partial charge in [-0.2, -0.15) is 10.2 Å². The standard InChI is InChI=1S/C22H19N7O2/c1-29-10-9-17(28-29)20-14(12-23-27-20)22(30)26-18-11-13(7-8-19(18)31-2)21-24-15-5-3-4-6-16(15)25-21/h3-12H,1-2H3,(H,23,27)(H,24,25)(H,26,30). The molecule has 5 aromatic rings. The molecule has 0 unspecified atom stereocenters. The van der Waals surface area contributed by atoms with Gasteiger partial charge in [-0.15, -0.1) is 0 Å². The van der Waals surface area contributed by atoms with Crippen molar-refractivity contribution in [3.8, 4) is 28.5 Å². The third-order valence-corrected chi connectivity index (χ3v) is 4.96. The van der Waals surface area contributed by atoms with E-state index in [9.17, 15) is 4.79 Å². The lowest BCUT2D eigenvalue weighted by Crippen LogP contribution is -2.13. The Labute approximate surface area is 177 Å². The number of ether oxygens (including phenoxy) is 1. The number of para-hydroxylation sites is 2. The van der Waals surface area contributed by atoms with Crippen molar-refractivity contribution >= 4 is 22.6 Å². The second-order valence-electron chi connectivity index (χ2n) is 7.01. The van der Waals surface area contributed by atoms with Crippen LogP contribution in [0.5, 0.6) is 5.75 Å². The number of anilines is 1. The molecule has 3 aromatic heterocycles. The van der Waals surface area contributed by atoms with E-state index < -0.39 is 0 Å². The SMILES string of the molecule is COc1ccc(-c2nc3ccccc3[nH]2)cc1NC(=O)c1cn[nH]c1-c1ccn(C)n1. The third-order valence-electron chi connectivity index (χ3n) is 4.96. The van der Waals surface area contributed by atoms with Gasteiger partial charge < -0.3 is 15.0 Å². The van der Waals surface area contributed by atoms with Gasteiger partial charge in [0.1, 0.15) is 17.3 Å². The lowest BCUT2D eigenvalue weighted by atomic mass is 10.1. The number of aromatic nitrogens is 6. The second-order valence-corrected chi connectivity index (χ2v) is 7.01. The van der Waals surface area contributed by atoms with Gasteiger partial charge in [-0.05, 0) is 36.4 Å². The van der Waals surface area contributed by atoms with E-state index in [1.165, 1.54) is 6.20 Å². The van der Waals surface area contributed by atoms with Crippen LogP contribution in [0, 0.1) is 0 Å². The summed E-state index contributed by atoms with van der Waals surface area (Å²) in [5, 5.41) is 14.1. The highest BCUT2D eigenvalue weighted by Crippen LogP contribution is 2.31. The van der Waals surface area contributed by atoms with Crippen LogP contribution >= 0.6 is 0 Å².